The number of amides is 1. The van der Waals surface area contributed by atoms with Gasteiger partial charge in [-0.05, 0) is 82.0 Å². The number of carbonyl (C=O) groups is 2. The Morgan fingerprint density at radius 2 is 1.69 bits per heavy atom. The van der Waals surface area contributed by atoms with Crippen LogP contribution in [0.5, 0.6) is 0 Å². The Balaban J connectivity index is 1.33. The first-order valence-corrected chi connectivity index (χ1v) is 11.5. The monoisotopic (exact) mass is 435 g/mol. The molecule has 2 aromatic rings. The summed E-state index contributed by atoms with van der Waals surface area (Å²) in [4.78, 5) is 29.5. The van der Waals surface area contributed by atoms with E-state index in [1.807, 2.05) is 44.2 Å². The van der Waals surface area contributed by atoms with E-state index >= 15 is 0 Å². The average molecular weight is 436 g/mol. The summed E-state index contributed by atoms with van der Waals surface area (Å²) in [5, 5.41) is 3.01. The molecule has 1 N–H and O–H groups in total. The number of ether oxygens (including phenoxy) is 1. The molecule has 4 rings (SSSR count). The number of anilines is 2. The van der Waals surface area contributed by atoms with Crippen LogP contribution in [0.2, 0.25) is 0 Å². The van der Waals surface area contributed by atoms with E-state index in [9.17, 15) is 9.59 Å². The highest BCUT2D eigenvalue weighted by Crippen LogP contribution is 2.29. The minimum atomic E-state index is -0.0941. The topological polar surface area (TPSA) is 61.9 Å². The second-order valence-electron chi connectivity index (χ2n) is 8.96. The summed E-state index contributed by atoms with van der Waals surface area (Å²) in [6, 6.07) is 14.3. The summed E-state index contributed by atoms with van der Waals surface area (Å²) < 4.78 is 5.00. The van der Waals surface area contributed by atoms with Crippen molar-refractivity contribution in [3.8, 4) is 0 Å². The minimum Gasteiger partial charge on any atom is -0.468 e. The molecule has 170 valence electrons. The van der Waals surface area contributed by atoms with Crippen molar-refractivity contribution >= 4 is 23.3 Å². The Morgan fingerprint density at radius 3 is 2.34 bits per heavy atom. The van der Waals surface area contributed by atoms with Crippen LogP contribution in [0.15, 0.2) is 42.5 Å². The maximum atomic E-state index is 12.6. The zero-order chi connectivity index (χ0) is 22.7. The predicted octanol–water partition coefficient (Wildman–Crippen LogP) is 4.16. The smallest absolute Gasteiger partial charge is 0.323 e. The molecule has 32 heavy (non-hydrogen) atoms. The molecule has 0 saturated carbocycles. The number of piperidine rings is 1. The zero-order valence-electron chi connectivity index (χ0n) is 19.3. The summed E-state index contributed by atoms with van der Waals surface area (Å²) in [6.45, 7) is 6.90. The van der Waals surface area contributed by atoms with E-state index in [1.54, 1.807) is 0 Å². The first-order chi connectivity index (χ1) is 15.5. The fourth-order valence-corrected chi connectivity index (χ4v) is 5.09. The van der Waals surface area contributed by atoms with Crippen molar-refractivity contribution in [2.45, 2.75) is 51.6 Å². The lowest BCUT2D eigenvalue weighted by Gasteiger charge is -2.39. The number of carbonyl (C=O) groups excluding carboxylic acids is 2. The third-order valence-corrected chi connectivity index (χ3v) is 6.82. The first kappa shape index (κ1) is 22.3. The molecule has 2 heterocycles. The van der Waals surface area contributed by atoms with Crippen molar-refractivity contribution in [1.82, 2.24) is 4.90 Å². The van der Waals surface area contributed by atoms with Gasteiger partial charge in [-0.15, -0.1) is 0 Å². The molecule has 2 aliphatic rings. The molecule has 0 aliphatic carbocycles. The maximum absolute atomic E-state index is 12.6. The van der Waals surface area contributed by atoms with Gasteiger partial charge in [0.1, 0.15) is 6.04 Å². The molecule has 0 radical (unpaired) electrons. The Kier molecular flexibility index (Phi) is 6.80. The summed E-state index contributed by atoms with van der Waals surface area (Å²) in [7, 11) is 1.48. The van der Waals surface area contributed by atoms with Gasteiger partial charge in [0, 0.05) is 36.1 Å². The van der Waals surface area contributed by atoms with Crippen molar-refractivity contribution in [3.63, 3.8) is 0 Å². The van der Waals surface area contributed by atoms with Gasteiger partial charge < -0.3 is 15.0 Å². The van der Waals surface area contributed by atoms with Gasteiger partial charge >= 0.3 is 5.97 Å². The molecule has 1 amide bonds. The highest BCUT2D eigenvalue weighted by atomic mass is 16.5. The Labute approximate surface area is 190 Å². The SMILES string of the molecule is COC(=O)[C@@H]1CCCN1C1CCN(c2ccc(NC(=O)c3ccc(C)cc3C)cc2)CC1. The van der Waals surface area contributed by atoms with Crippen molar-refractivity contribution in [3.05, 3.63) is 59.2 Å². The predicted molar refractivity (Wildman–Crippen MR) is 127 cm³/mol. The van der Waals surface area contributed by atoms with Gasteiger partial charge in [0.25, 0.3) is 5.91 Å². The molecule has 0 spiro atoms. The van der Waals surface area contributed by atoms with Gasteiger partial charge in [0.15, 0.2) is 0 Å². The number of esters is 1. The van der Waals surface area contributed by atoms with Gasteiger partial charge in [-0.1, -0.05) is 17.7 Å². The maximum Gasteiger partial charge on any atom is 0.323 e. The summed E-state index contributed by atoms with van der Waals surface area (Å²) in [6.07, 6.45) is 4.05. The second kappa shape index (κ2) is 9.74. The Hall–Kier alpha value is -2.86. The summed E-state index contributed by atoms with van der Waals surface area (Å²) >= 11 is 0. The number of hydrogen-bond acceptors (Lipinski definition) is 5. The van der Waals surface area contributed by atoms with E-state index in [2.05, 4.69) is 27.2 Å². The quantitative estimate of drug-likeness (QED) is 0.715. The normalized spacial score (nSPS) is 19.7. The number of methoxy groups -OCH3 is 1. The molecule has 0 aromatic heterocycles. The van der Waals surface area contributed by atoms with Crippen LogP contribution in [0, 0.1) is 13.8 Å². The second-order valence-corrected chi connectivity index (χ2v) is 8.96. The number of benzene rings is 2. The van der Waals surface area contributed by atoms with Crippen LogP contribution in [-0.2, 0) is 9.53 Å². The fraction of sp³-hybridized carbons (Fsp3) is 0.462. The van der Waals surface area contributed by atoms with Crippen LogP contribution in [0.1, 0.15) is 47.2 Å². The summed E-state index contributed by atoms with van der Waals surface area (Å²) in [5.41, 5.74) is 4.80. The lowest BCUT2D eigenvalue weighted by molar-refractivity contribution is -0.146. The first-order valence-electron chi connectivity index (χ1n) is 11.5. The summed E-state index contributed by atoms with van der Waals surface area (Å²) in [5.74, 6) is -0.176. The molecule has 0 unspecified atom stereocenters. The van der Waals surface area contributed by atoms with E-state index in [-0.39, 0.29) is 17.9 Å². The van der Waals surface area contributed by atoms with E-state index < -0.39 is 0 Å². The molecule has 1 atom stereocenters. The molecular formula is C26H33N3O3. The number of hydrogen-bond donors (Lipinski definition) is 1. The highest BCUT2D eigenvalue weighted by Gasteiger charge is 2.37. The lowest BCUT2D eigenvalue weighted by atomic mass is 10.0. The number of likely N-dealkylation sites (tertiary alicyclic amines) is 1. The van der Waals surface area contributed by atoms with Crippen molar-refractivity contribution in [2.75, 3.05) is 37.0 Å². The number of nitrogens with zero attached hydrogens (tertiary/aromatic N) is 2. The van der Waals surface area contributed by atoms with Crippen molar-refractivity contribution in [1.29, 1.82) is 0 Å². The van der Waals surface area contributed by atoms with Gasteiger partial charge in [-0.25, -0.2) is 0 Å². The van der Waals surface area contributed by atoms with E-state index in [0.29, 0.717) is 11.6 Å². The van der Waals surface area contributed by atoms with Crippen LogP contribution in [0.3, 0.4) is 0 Å². The standard InChI is InChI=1S/C26H33N3O3/c1-18-6-11-23(19(2)17-18)25(30)27-20-7-9-21(10-8-20)28-15-12-22(13-16-28)29-14-4-5-24(29)26(31)32-3/h6-11,17,22,24H,4-5,12-16H2,1-3H3,(H,27,30)/t24-/m0/s1. The number of aryl methyl sites for hydroxylation is 2. The van der Waals surface area contributed by atoms with E-state index in [1.165, 1.54) is 12.8 Å². The largest absolute Gasteiger partial charge is 0.468 e. The number of nitrogens with one attached hydrogen (secondary N) is 1. The van der Waals surface area contributed by atoms with Crippen molar-refractivity contribution < 1.29 is 14.3 Å². The van der Waals surface area contributed by atoms with Gasteiger partial charge in [-0.3, -0.25) is 14.5 Å². The van der Waals surface area contributed by atoms with Gasteiger partial charge in [0.2, 0.25) is 0 Å². The average Bonchev–Trinajstić information content (AvgIpc) is 3.29. The van der Waals surface area contributed by atoms with Gasteiger partial charge in [0.05, 0.1) is 7.11 Å². The van der Waals surface area contributed by atoms with Crippen LogP contribution in [0.25, 0.3) is 0 Å². The van der Waals surface area contributed by atoms with Crippen molar-refractivity contribution in [2.24, 2.45) is 0 Å². The fourth-order valence-electron chi connectivity index (χ4n) is 5.09. The third kappa shape index (κ3) is 4.80. The molecule has 2 aliphatic heterocycles. The molecule has 0 bridgehead atoms. The van der Waals surface area contributed by atoms with E-state index in [4.69, 9.17) is 4.74 Å². The van der Waals surface area contributed by atoms with Crippen LogP contribution in [-0.4, -0.2) is 55.6 Å². The Morgan fingerprint density at radius 1 is 0.969 bits per heavy atom. The minimum absolute atomic E-state index is 0.0726. The molecule has 6 heteroatoms. The molecule has 2 fully saturated rings. The molecule has 6 nitrogen and oxygen atoms in total. The Bertz CT molecular complexity index is 965. The van der Waals surface area contributed by atoms with Crippen LogP contribution in [0.4, 0.5) is 11.4 Å². The van der Waals surface area contributed by atoms with Crippen LogP contribution < -0.4 is 10.2 Å². The highest BCUT2D eigenvalue weighted by molar-refractivity contribution is 6.05. The third-order valence-electron chi connectivity index (χ3n) is 6.82. The molecular weight excluding hydrogens is 402 g/mol. The van der Waals surface area contributed by atoms with Crippen LogP contribution >= 0.6 is 0 Å². The number of rotatable bonds is 5. The lowest BCUT2D eigenvalue weighted by Crippen LogP contribution is -2.49. The molecule has 2 aromatic carbocycles. The van der Waals surface area contributed by atoms with E-state index in [0.717, 1.165) is 62.1 Å². The van der Waals surface area contributed by atoms with Gasteiger partial charge in [-0.2, -0.15) is 0 Å². The molecule has 2 saturated heterocycles. The zero-order valence-corrected chi connectivity index (χ0v) is 19.3.